The Bertz CT molecular complexity index is 1320. The van der Waals surface area contributed by atoms with Gasteiger partial charge in [-0.05, 0) is 61.6 Å². The highest BCUT2D eigenvalue weighted by Crippen LogP contribution is 2.42. The van der Waals surface area contributed by atoms with Gasteiger partial charge in [0.2, 0.25) is 0 Å². The van der Waals surface area contributed by atoms with Crippen LogP contribution in [-0.4, -0.2) is 11.8 Å². The van der Waals surface area contributed by atoms with E-state index < -0.39 is 5.92 Å². The fourth-order valence-electron chi connectivity index (χ4n) is 4.90. The zero-order valence-corrected chi connectivity index (χ0v) is 22.4. The maximum atomic E-state index is 13.9. The van der Waals surface area contributed by atoms with E-state index in [1.807, 2.05) is 94.4 Å². The van der Waals surface area contributed by atoms with Crippen molar-refractivity contribution in [3.05, 3.63) is 117 Å². The summed E-state index contributed by atoms with van der Waals surface area (Å²) >= 11 is 6.68. The standard InChI is InChI=1S/C31H32ClN3O2/c1-5-21-13-7-11-17-25(21)34-30(36)27-19(3)33-20(4)28(29(27)23-15-9-10-16-24(23)32)31(37)35-26-18-12-8-14-22(26)6-2/h7-18,29,33H,5-6H2,1-4H3,(H,34,36)(H,35,37). The maximum Gasteiger partial charge on any atom is 0.254 e. The molecule has 3 aromatic carbocycles. The van der Waals surface area contributed by atoms with E-state index in [2.05, 4.69) is 16.0 Å². The van der Waals surface area contributed by atoms with Gasteiger partial charge < -0.3 is 16.0 Å². The second-order valence-corrected chi connectivity index (χ2v) is 9.49. The predicted octanol–water partition coefficient (Wildman–Crippen LogP) is 6.98. The number of benzene rings is 3. The number of carbonyl (C=O) groups is 2. The third-order valence-electron chi connectivity index (χ3n) is 6.76. The van der Waals surface area contributed by atoms with E-state index in [1.165, 1.54) is 0 Å². The Morgan fingerprint density at radius 3 is 1.62 bits per heavy atom. The normalized spacial score (nSPS) is 13.9. The molecule has 6 heteroatoms. The topological polar surface area (TPSA) is 70.2 Å². The first-order valence-corrected chi connectivity index (χ1v) is 12.9. The molecule has 0 aliphatic carbocycles. The fraction of sp³-hybridized carbons (Fsp3) is 0.226. The lowest BCUT2D eigenvalue weighted by molar-refractivity contribution is -0.113. The van der Waals surface area contributed by atoms with Crippen molar-refractivity contribution < 1.29 is 9.59 Å². The molecule has 0 radical (unpaired) electrons. The number of hydrogen-bond donors (Lipinski definition) is 3. The molecule has 0 atom stereocenters. The number of allylic oxidation sites excluding steroid dienone is 2. The van der Waals surface area contributed by atoms with Crippen molar-refractivity contribution in [3.63, 3.8) is 0 Å². The Morgan fingerprint density at radius 1 is 0.730 bits per heavy atom. The number of carbonyl (C=O) groups excluding carboxylic acids is 2. The van der Waals surface area contributed by atoms with Crippen molar-refractivity contribution >= 4 is 34.8 Å². The summed E-state index contributed by atoms with van der Waals surface area (Å²) in [6, 6.07) is 22.9. The van der Waals surface area contributed by atoms with Crippen LogP contribution in [0.5, 0.6) is 0 Å². The van der Waals surface area contributed by atoms with Crippen LogP contribution in [0.25, 0.3) is 0 Å². The molecule has 3 aromatic rings. The number of dihydropyridines is 1. The number of halogens is 1. The Morgan fingerprint density at radius 2 is 1.16 bits per heavy atom. The molecule has 1 heterocycles. The molecule has 2 amide bonds. The molecule has 0 bridgehead atoms. The summed E-state index contributed by atoms with van der Waals surface area (Å²) in [4.78, 5) is 27.7. The van der Waals surface area contributed by atoms with Gasteiger partial charge in [-0.15, -0.1) is 0 Å². The smallest absolute Gasteiger partial charge is 0.254 e. The Labute approximate surface area is 223 Å². The number of para-hydroxylation sites is 2. The summed E-state index contributed by atoms with van der Waals surface area (Å²) in [5, 5.41) is 9.96. The minimum absolute atomic E-state index is 0.275. The van der Waals surface area contributed by atoms with Crippen LogP contribution in [0.3, 0.4) is 0 Å². The third kappa shape index (κ3) is 5.47. The van der Waals surface area contributed by atoms with Crippen LogP contribution in [0.1, 0.15) is 50.3 Å². The van der Waals surface area contributed by atoms with Gasteiger partial charge in [-0.25, -0.2) is 0 Å². The van der Waals surface area contributed by atoms with Gasteiger partial charge in [0.1, 0.15) is 0 Å². The highest BCUT2D eigenvalue weighted by atomic mass is 35.5. The van der Waals surface area contributed by atoms with Crippen molar-refractivity contribution in [2.24, 2.45) is 0 Å². The van der Waals surface area contributed by atoms with Crippen LogP contribution >= 0.6 is 11.6 Å². The van der Waals surface area contributed by atoms with Crippen LogP contribution < -0.4 is 16.0 Å². The maximum absolute atomic E-state index is 13.9. The van der Waals surface area contributed by atoms with Gasteiger partial charge in [0, 0.05) is 44.9 Å². The summed E-state index contributed by atoms with van der Waals surface area (Å²) in [6.07, 6.45) is 1.56. The Hall–Kier alpha value is -3.83. The van der Waals surface area contributed by atoms with E-state index >= 15 is 0 Å². The summed E-state index contributed by atoms with van der Waals surface area (Å²) in [5.41, 5.74) is 6.55. The van der Waals surface area contributed by atoms with E-state index in [-0.39, 0.29) is 11.8 Å². The Balaban J connectivity index is 1.79. The lowest BCUT2D eigenvalue weighted by Gasteiger charge is -2.32. The molecule has 0 saturated heterocycles. The zero-order chi connectivity index (χ0) is 26.5. The molecular formula is C31H32ClN3O2. The second-order valence-electron chi connectivity index (χ2n) is 9.09. The minimum Gasteiger partial charge on any atom is -0.362 e. The molecule has 1 aliphatic rings. The molecule has 0 saturated carbocycles. The van der Waals surface area contributed by atoms with Gasteiger partial charge in [-0.2, -0.15) is 0 Å². The molecule has 0 unspecified atom stereocenters. The quantitative estimate of drug-likeness (QED) is 0.319. The summed E-state index contributed by atoms with van der Waals surface area (Å²) in [7, 11) is 0. The third-order valence-corrected chi connectivity index (χ3v) is 7.10. The molecule has 0 aromatic heterocycles. The van der Waals surface area contributed by atoms with Gasteiger partial charge in [0.25, 0.3) is 11.8 Å². The monoisotopic (exact) mass is 513 g/mol. The molecule has 0 spiro atoms. The number of amides is 2. The average Bonchev–Trinajstić information content (AvgIpc) is 2.89. The first-order valence-electron chi connectivity index (χ1n) is 12.6. The van der Waals surface area contributed by atoms with E-state index in [0.29, 0.717) is 33.1 Å². The van der Waals surface area contributed by atoms with Crippen LogP contribution in [0, 0.1) is 0 Å². The summed E-state index contributed by atoms with van der Waals surface area (Å²) < 4.78 is 0. The van der Waals surface area contributed by atoms with E-state index in [1.54, 1.807) is 6.07 Å². The first kappa shape index (κ1) is 26.2. The zero-order valence-electron chi connectivity index (χ0n) is 21.6. The summed E-state index contributed by atoms with van der Waals surface area (Å²) in [5.74, 6) is -1.21. The molecule has 3 N–H and O–H groups in total. The number of aryl methyl sites for hydroxylation is 2. The highest BCUT2D eigenvalue weighted by molar-refractivity contribution is 6.31. The number of anilines is 2. The molecular weight excluding hydrogens is 482 g/mol. The largest absolute Gasteiger partial charge is 0.362 e. The predicted molar refractivity (Wildman–Crippen MR) is 152 cm³/mol. The number of hydrogen-bond acceptors (Lipinski definition) is 3. The second kappa shape index (κ2) is 11.5. The van der Waals surface area contributed by atoms with Crippen LogP contribution in [0.15, 0.2) is 95.3 Å². The van der Waals surface area contributed by atoms with Crippen molar-refractivity contribution in [2.75, 3.05) is 10.6 Å². The SMILES string of the molecule is CCc1ccccc1NC(=O)C1=C(C)NC(C)=C(C(=O)Nc2ccccc2CC)C1c1ccccc1Cl. The lowest BCUT2D eigenvalue weighted by atomic mass is 9.79. The van der Waals surface area contributed by atoms with Gasteiger partial charge in [0.05, 0.1) is 0 Å². The molecule has 4 rings (SSSR count). The average molecular weight is 514 g/mol. The van der Waals surface area contributed by atoms with Crippen molar-refractivity contribution in [1.82, 2.24) is 5.32 Å². The van der Waals surface area contributed by atoms with E-state index in [0.717, 1.165) is 35.3 Å². The molecule has 0 fully saturated rings. The van der Waals surface area contributed by atoms with E-state index in [4.69, 9.17) is 11.6 Å². The molecule has 190 valence electrons. The van der Waals surface area contributed by atoms with Crippen molar-refractivity contribution in [3.8, 4) is 0 Å². The molecule has 5 nitrogen and oxygen atoms in total. The van der Waals surface area contributed by atoms with Crippen molar-refractivity contribution in [2.45, 2.75) is 46.5 Å². The highest BCUT2D eigenvalue weighted by Gasteiger charge is 2.37. The van der Waals surface area contributed by atoms with Gasteiger partial charge in [-0.3, -0.25) is 9.59 Å². The van der Waals surface area contributed by atoms with Gasteiger partial charge in [0.15, 0.2) is 0 Å². The van der Waals surface area contributed by atoms with Crippen LogP contribution in [-0.2, 0) is 22.4 Å². The van der Waals surface area contributed by atoms with Gasteiger partial charge >= 0.3 is 0 Å². The fourth-order valence-corrected chi connectivity index (χ4v) is 5.14. The lowest BCUT2D eigenvalue weighted by Crippen LogP contribution is -2.35. The van der Waals surface area contributed by atoms with Crippen LogP contribution in [0.4, 0.5) is 11.4 Å². The van der Waals surface area contributed by atoms with Crippen molar-refractivity contribution in [1.29, 1.82) is 0 Å². The first-order chi connectivity index (χ1) is 17.8. The minimum atomic E-state index is -0.655. The molecule has 1 aliphatic heterocycles. The molecule has 37 heavy (non-hydrogen) atoms. The Kier molecular flexibility index (Phi) is 8.14. The number of rotatable bonds is 7. The van der Waals surface area contributed by atoms with Gasteiger partial charge in [-0.1, -0.05) is 80.0 Å². The van der Waals surface area contributed by atoms with E-state index in [9.17, 15) is 9.59 Å². The number of nitrogens with one attached hydrogen (secondary N) is 3. The summed E-state index contributed by atoms with van der Waals surface area (Å²) in [6.45, 7) is 7.81. The van der Waals surface area contributed by atoms with Crippen LogP contribution in [0.2, 0.25) is 5.02 Å².